The summed E-state index contributed by atoms with van der Waals surface area (Å²) >= 11 is 3.43. The third-order valence-electron chi connectivity index (χ3n) is 2.93. The van der Waals surface area contributed by atoms with E-state index in [4.69, 9.17) is 4.74 Å². The lowest BCUT2D eigenvalue weighted by molar-refractivity contribution is 0.0783. The topological polar surface area (TPSA) is 21.3 Å². The molecule has 1 aromatic carbocycles. The van der Waals surface area contributed by atoms with E-state index < -0.39 is 0 Å². The smallest absolute Gasteiger partial charge is 0.0717 e. The van der Waals surface area contributed by atoms with Crippen molar-refractivity contribution in [1.82, 2.24) is 5.32 Å². The second-order valence-electron chi connectivity index (χ2n) is 4.35. The highest BCUT2D eigenvalue weighted by Gasteiger charge is 2.12. The second kappa shape index (κ2) is 6.38. The van der Waals surface area contributed by atoms with Gasteiger partial charge in [0.25, 0.3) is 0 Å². The molecule has 0 amide bonds. The summed E-state index contributed by atoms with van der Waals surface area (Å²) in [6.45, 7) is 3.89. The predicted octanol–water partition coefficient (Wildman–Crippen LogP) is 2.97. The molecule has 1 aromatic rings. The fourth-order valence-corrected chi connectivity index (χ4v) is 2.25. The van der Waals surface area contributed by atoms with E-state index >= 15 is 0 Å². The summed E-state index contributed by atoms with van der Waals surface area (Å²) in [5, 5.41) is 3.40. The first kappa shape index (κ1) is 12.1. The first-order chi connectivity index (χ1) is 7.84. The van der Waals surface area contributed by atoms with Crippen LogP contribution in [0.5, 0.6) is 0 Å². The highest BCUT2D eigenvalue weighted by atomic mass is 79.9. The monoisotopic (exact) mass is 283 g/mol. The Labute approximate surface area is 106 Å². The molecule has 1 atom stereocenters. The number of hydrogen-bond acceptors (Lipinski definition) is 2. The minimum atomic E-state index is 0.698. The molecule has 3 heteroatoms. The summed E-state index contributed by atoms with van der Waals surface area (Å²) in [5.74, 6) is 0.698. The number of rotatable bonds is 4. The zero-order valence-electron chi connectivity index (χ0n) is 9.42. The molecule has 1 aliphatic heterocycles. The number of ether oxygens (including phenoxy) is 1. The summed E-state index contributed by atoms with van der Waals surface area (Å²) in [7, 11) is 0. The first-order valence-corrected chi connectivity index (χ1v) is 6.67. The molecule has 1 aliphatic rings. The third-order valence-corrected chi connectivity index (χ3v) is 3.46. The molecule has 2 nitrogen and oxygen atoms in total. The van der Waals surface area contributed by atoms with Crippen molar-refractivity contribution in [1.29, 1.82) is 0 Å². The molecule has 0 bridgehead atoms. The largest absolute Gasteiger partial charge is 0.376 e. The molecule has 0 aliphatic carbocycles. The number of piperidine rings is 1. The minimum absolute atomic E-state index is 0.698. The van der Waals surface area contributed by atoms with Gasteiger partial charge in [0.15, 0.2) is 0 Å². The Morgan fingerprint density at radius 2 is 2.12 bits per heavy atom. The van der Waals surface area contributed by atoms with Crippen LogP contribution in [-0.2, 0) is 11.3 Å². The number of benzene rings is 1. The zero-order valence-corrected chi connectivity index (χ0v) is 11.0. The van der Waals surface area contributed by atoms with E-state index in [9.17, 15) is 0 Å². The maximum Gasteiger partial charge on any atom is 0.0717 e. The molecule has 88 valence electrons. The molecule has 1 heterocycles. The van der Waals surface area contributed by atoms with Gasteiger partial charge in [0.05, 0.1) is 13.2 Å². The van der Waals surface area contributed by atoms with Crippen molar-refractivity contribution in [3.63, 3.8) is 0 Å². The lowest BCUT2D eigenvalue weighted by atomic mass is 10.0. The molecule has 0 spiro atoms. The Balaban J connectivity index is 1.69. The number of hydrogen-bond donors (Lipinski definition) is 1. The van der Waals surface area contributed by atoms with Crippen LogP contribution < -0.4 is 5.32 Å². The van der Waals surface area contributed by atoms with Crippen molar-refractivity contribution >= 4 is 15.9 Å². The molecule has 2 rings (SSSR count). The van der Waals surface area contributed by atoms with Gasteiger partial charge >= 0.3 is 0 Å². The molecule has 1 N–H and O–H groups in total. The van der Waals surface area contributed by atoms with Gasteiger partial charge in [-0.25, -0.2) is 0 Å². The van der Waals surface area contributed by atoms with Gasteiger partial charge < -0.3 is 10.1 Å². The van der Waals surface area contributed by atoms with E-state index in [0.29, 0.717) is 5.92 Å². The molecule has 1 saturated heterocycles. The van der Waals surface area contributed by atoms with Crippen molar-refractivity contribution in [2.24, 2.45) is 5.92 Å². The van der Waals surface area contributed by atoms with Gasteiger partial charge in [-0.15, -0.1) is 0 Å². The van der Waals surface area contributed by atoms with Crippen LogP contribution in [0, 0.1) is 5.92 Å². The number of halogens is 1. The van der Waals surface area contributed by atoms with Crippen molar-refractivity contribution in [3.8, 4) is 0 Å². The summed E-state index contributed by atoms with van der Waals surface area (Å²) in [4.78, 5) is 0. The van der Waals surface area contributed by atoms with Crippen LogP contribution in [0.15, 0.2) is 28.7 Å². The molecular formula is C13H18BrNO. The van der Waals surface area contributed by atoms with E-state index in [1.165, 1.54) is 24.9 Å². The van der Waals surface area contributed by atoms with Gasteiger partial charge in [0.2, 0.25) is 0 Å². The van der Waals surface area contributed by atoms with Crippen LogP contribution in [0.3, 0.4) is 0 Å². The van der Waals surface area contributed by atoms with Gasteiger partial charge in [-0.05, 0) is 43.0 Å². The van der Waals surface area contributed by atoms with Crippen LogP contribution in [0.2, 0.25) is 0 Å². The summed E-state index contributed by atoms with van der Waals surface area (Å²) in [6.07, 6.45) is 2.58. The first-order valence-electron chi connectivity index (χ1n) is 5.87. The summed E-state index contributed by atoms with van der Waals surface area (Å²) in [6, 6.07) is 8.31. The van der Waals surface area contributed by atoms with Crippen LogP contribution in [-0.4, -0.2) is 19.7 Å². The maximum atomic E-state index is 5.74. The van der Waals surface area contributed by atoms with Crippen molar-refractivity contribution in [3.05, 3.63) is 34.3 Å². The molecule has 0 aromatic heterocycles. The lowest BCUT2D eigenvalue weighted by Crippen LogP contribution is -2.32. The van der Waals surface area contributed by atoms with E-state index in [0.717, 1.165) is 24.2 Å². The Kier molecular flexibility index (Phi) is 4.82. The average Bonchev–Trinajstić information content (AvgIpc) is 2.33. The van der Waals surface area contributed by atoms with Crippen molar-refractivity contribution < 1.29 is 4.74 Å². The van der Waals surface area contributed by atoms with Gasteiger partial charge in [0, 0.05) is 11.0 Å². The molecule has 1 fully saturated rings. The van der Waals surface area contributed by atoms with Crippen LogP contribution in [0.1, 0.15) is 18.4 Å². The zero-order chi connectivity index (χ0) is 11.2. The van der Waals surface area contributed by atoms with E-state index in [-0.39, 0.29) is 0 Å². The lowest BCUT2D eigenvalue weighted by Gasteiger charge is -2.22. The maximum absolute atomic E-state index is 5.74. The highest BCUT2D eigenvalue weighted by Crippen LogP contribution is 2.13. The average molecular weight is 284 g/mol. The Hall–Kier alpha value is -0.380. The van der Waals surface area contributed by atoms with Crippen molar-refractivity contribution in [2.45, 2.75) is 19.4 Å². The summed E-state index contributed by atoms with van der Waals surface area (Å²) in [5.41, 5.74) is 1.24. The van der Waals surface area contributed by atoms with Crippen LogP contribution in [0.4, 0.5) is 0 Å². The number of nitrogens with one attached hydrogen (secondary N) is 1. The Morgan fingerprint density at radius 1 is 1.31 bits per heavy atom. The van der Waals surface area contributed by atoms with Gasteiger partial charge in [-0.1, -0.05) is 28.1 Å². The molecule has 0 radical (unpaired) electrons. The van der Waals surface area contributed by atoms with Gasteiger partial charge in [-0.3, -0.25) is 0 Å². The minimum Gasteiger partial charge on any atom is -0.376 e. The molecule has 0 saturated carbocycles. The highest BCUT2D eigenvalue weighted by molar-refractivity contribution is 9.10. The Morgan fingerprint density at radius 3 is 2.81 bits per heavy atom. The van der Waals surface area contributed by atoms with Crippen molar-refractivity contribution in [2.75, 3.05) is 19.7 Å². The fourth-order valence-electron chi connectivity index (χ4n) is 1.99. The standard InChI is InChI=1S/C13H18BrNO/c14-13-5-3-11(4-6-13)9-16-10-12-2-1-7-15-8-12/h3-6,12,15H,1-2,7-10H2/t12-/m0/s1. The third kappa shape index (κ3) is 3.89. The van der Waals surface area contributed by atoms with Crippen LogP contribution in [0.25, 0.3) is 0 Å². The molecule has 16 heavy (non-hydrogen) atoms. The van der Waals surface area contributed by atoms with Gasteiger partial charge in [0.1, 0.15) is 0 Å². The van der Waals surface area contributed by atoms with E-state index in [1.807, 2.05) is 0 Å². The van der Waals surface area contributed by atoms with Crippen LogP contribution >= 0.6 is 15.9 Å². The van der Waals surface area contributed by atoms with E-state index in [1.54, 1.807) is 0 Å². The van der Waals surface area contributed by atoms with Gasteiger partial charge in [-0.2, -0.15) is 0 Å². The summed E-state index contributed by atoms with van der Waals surface area (Å²) < 4.78 is 6.86. The second-order valence-corrected chi connectivity index (χ2v) is 5.27. The fraction of sp³-hybridized carbons (Fsp3) is 0.538. The normalized spacial score (nSPS) is 20.9. The SMILES string of the molecule is Brc1ccc(COC[C@H]2CCCNC2)cc1. The quantitative estimate of drug-likeness (QED) is 0.917. The molecule has 0 unspecified atom stereocenters. The predicted molar refractivity (Wildman–Crippen MR) is 69.4 cm³/mol. The molecular weight excluding hydrogens is 266 g/mol. The van der Waals surface area contributed by atoms with E-state index in [2.05, 4.69) is 45.5 Å². The Bertz CT molecular complexity index is 306.